The normalized spacial score (nSPS) is 12.1. The van der Waals surface area contributed by atoms with Crippen molar-refractivity contribution in [1.29, 1.82) is 0 Å². The van der Waals surface area contributed by atoms with Gasteiger partial charge in [-0.2, -0.15) is 13.2 Å². The number of hydrogen-bond donors (Lipinski definition) is 1. The summed E-state index contributed by atoms with van der Waals surface area (Å²) in [5, 5.41) is 10.6. The van der Waals surface area contributed by atoms with Crippen molar-refractivity contribution in [1.82, 2.24) is 20.1 Å². The lowest BCUT2D eigenvalue weighted by atomic mass is 10.5. The second kappa shape index (κ2) is 5.53. The molecule has 0 aromatic carbocycles. The van der Waals surface area contributed by atoms with E-state index >= 15 is 0 Å². The molecule has 0 saturated heterocycles. The Kier molecular flexibility index (Phi) is 4.60. The molecule has 1 N–H and O–H groups in total. The third-order valence-corrected chi connectivity index (χ3v) is 2.75. The number of halogens is 3. The highest BCUT2D eigenvalue weighted by atomic mass is 32.2. The lowest BCUT2D eigenvalue weighted by Gasteiger charge is -2.06. The van der Waals surface area contributed by atoms with Crippen LogP contribution in [-0.4, -0.2) is 32.6 Å². The van der Waals surface area contributed by atoms with Crippen molar-refractivity contribution >= 4 is 11.8 Å². The minimum absolute atomic E-state index is 0.000331. The molecule has 0 bridgehead atoms. The van der Waals surface area contributed by atoms with E-state index in [1.165, 1.54) is 0 Å². The minimum atomic E-state index is -4.15. The van der Waals surface area contributed by atoms with E-state index in [2.05, 4.69) is 15.5 Å². The zero-order valence-electron chi connectivity index (χ0n) is 9.01. The monoisotopic (exact) mass is 254 g/mol. The highest BCUT2D eigenvalue weighted by molar-refractivity contribution is 8.00. The van der Waals surface area contributed by atoms with Crippen molar-refractivity contribution in [3.8, 4) is 0 Å². The van der Waals surface area contributed by atoms with Gasteiger partial charge in [0, 0.05) is 19.3 Å². The van der Waals surface area contributed by atoms with Crippen molar-refractivity contribution in [3.63, 3.8) is 0 Å². The number of nitrogens with one attached hydrogen (secondary N) is 1. The average Bonchev–Trinajstić information content (AvgIpc) is 2.47. The van der Waals surface area contributed by atoms with E-state index in [4.69, 9.17) is 0 Å². The second-order valence-corrected chi connectivity index (χ2v) is 4.35. The van der Waals surface area contributed by atoms with Crippen LogP contribution in [-0.2, 0) is 13.6 Å². The summed E-state index contributed by atoms with van der Waals surface area (Å²) in [5.41, 5.74) is -4.15. The quantitative estimate of drug-likeness (QED) is 0.808. The molecule has 0 aliphatic rings. The summed E-state index contributed by atoms with van der Waals surface area (Å²) < 4.78 is 37.1. The first-order valence-corrected chi connectivity index (χ1v) is 5.65. The maximum absolute atomic E-state index is 11.8. The third kappa shape index (κ3) is 4.40. The molecular formula is C8H13F3N4S. The molecule has 0 aliphatic heterocycles. The summed E-state index contributed by atoms with van der Waals surface area (Å²) in [5.74, 6) is 1.50. The van der Waals surface area contributed by atoms with Crippen LogP contribution in [0.2, 0.25) is 0 Å². The second-order valence-electron chi connectivity index (χ2n) is 3.19. The van der Waals surface area contributed by atoms with Gasteiger partial charge in [-0.3, -0.25) is 0 Å². The van der Waals surface area contributed by atoms with Crippen LogP contribution < -0.4 is 5.32 Å². The van der Waals surface area contributed by atoms with Crippen molar-refractivity contribution in [3.05, 3.63) is 11.6 Å². The van der Waals surface area contributed by atoms with Crippen LogP contribution in [0.15, 0.2) is 0 Å². The van der Waals surface area contributed by atoms with Gasteiger partial charge >= 0.3 is 5.51 Å². The van der Waals surface area contributed by atoms with Crippen LogP contribution in [0.25, 0.3) is 0 Å². The Bertz CT molecular complexity index is 337. The van der Waals surface area contributed by atoms with E-state index in [-0.39, 0.29) is 24.1 Å². The van der Waals surface area contributed by atoms with Crippen molar-refractivity contribution in [2.24, 2.45) is 7.05 Å². The fourth-order valence-corrected chi connectivity index (χ4v) is 1.52. The average molecular weight is 254 g/mol. The van der Waals surface area contributed by atoms with Gasteiger partial charge < -0.3 is 9.88 Å². The van der Waals surface area contributed by atoms with Crippen LogP contribution in [0.1, 0.15) is 11.6 Å². The highest BCUT2D eigenvalue weighted by Crippen LogP contribution is 2.29. The van der Waals surface area contributed by atoms with Gasteiger partial charge in [-0.15, -0.1) is 10.2 Å². The standard InChI is InChI=1S/C8H13F3N4S/c1-6-13-14-7(15(6)2)5-12-3-4-16-8(9,10)11/h12H,3-5H2,1-2H3. The zero-order valence-corrected chi connectivity index (χ0v) is 9.82. The molecule has 0 unspecified atom stereocenters. The Hall–Kier alpha value is -0.760. The number of rotatable bonds is 5. The zero-order chi connectivity index (χ0) is 12.2. The van der Waals surface area contributed by atoms with E-state index in [1.807, 2.05) is 14.0 Å². The van der Waals surface area contributed by atoms with E-state index in [0.717, 1.165) is 11.6 Å². The Labute approximate surface area is 95.6 Å². The fourth-order valence-electron chi connectivity index (χ4n) is 1.04. The minimum Gasteiger partial charge on any atom is -0.317 e. The molecule has 0 atom stereocenters. The van der Waals surface area contributed by atoms with E-state index < -0.39 is 5.51 Å². The first-order valence-electron chi connectivity index (χ1n) is 4.66. The maximum Gasteiger partial charge on any atom is 0.441 e. The number of aryl methyl sites for hydroxylation is 1. The Balaban J connectivity index is 2.19. The van der Waals surface area contributed by atoms with Gasteiger partial charge in [0.25, 0.3) is 0 Å². The molecule has 1 aromatic heterocycles. The number of alkyl halides is 3. The Morgan fingerprint density at radius 2 is 2.06 bits per heavy atom. The van der Waals surface area contributed by atoms with Crippen LogP contribution in [0.3, 0.4) is 0 Å². The van der Waals surface area contributed by atoms with E-state index in [0.29, 0.717) is 6.54 Å². The highest BCUT2D eigenvalue weighted by Gasteiger charge is 2.27. The number of thioether (sulfide) groups is 1. The summed E-state index contributed by atoms with van der Waals surface area (Å²) in [6.45, 7) is 2.53. The number of hydrogen-bond acceptors (Lipinski definition) is 4. The summed E-state index contributed by atoms with van der Waals surface area (Å²) in [6.07, 6.45) is 0. The van der Waals surface area contributed by atoms with E-state index in [1.54, 1.807) is 4.57 Å². The molecule has 0 amide bonds. The summed E-state index contributed by atoms with van der Waals surface area (Å²) in [7, 11) is 1.82. The van der Waals surface area contributed by atoms with E-state index in [9.17, 15) is 13.2 Å². The van der Waals surface area contributed by atoms with Gasteiger partial charge in [0.15, 0.2) is 0 Å². The predicted molar refractivity (Wildman–Crippen MR) is 56.0 cm³/mol. The van der Waals surface area contributed by atoms with Gasteiger partial charge in [-0.1, -0.05) is 0 Å². The van der Waals surface area contributed by atoms with Gasteiger partial charge in [0.2, 0.25) is 0 Å². The molecule has 0 radical (unpaired) electrons. The Morgan fingerprint density at radius 3 is 2.56 bits per heavy atom. The van der Waals surface area contributed by atoms with Gasteiger partial charge in [-0.05, 0) is 18.7 Å². The molecule has 0 spiro atoms. The van der Waals surface area contributed by atoms with Gasteiger partial charge in [-0.25, -0.2) is 0 Å². The molecule has 4 nitrogen and oxygen atoms in total. The SMILES string of the molecule is Cc1nnc(CNCCSC(F)(F)F)n1C. The summed E-state index contributed by atoms with van der Waals surface area (Å²) in [4.78, 5) is 0. The van der Waals surface area contributed by atoms with Crippen LogP contribution >= 0.6 is 11.8 Å². The number of nitrogens with zero attached hydrogens (tertiary/aromatic N) is 3. The molecule has 1 heterocycles. The molecule has 0 saturated carbocycles. The van der Waals surface area contributed by atoms with Crippen molar-refractivity contribution in [2.45, 2.75) is 19.0 Å². The lowest BCUT2D eigenvalue weighted by Crippen LogP contribution is -2.20. The van der Waals surface area contributed by atoms with Crippen LogP contribution in [0.5, 0.6) is 0 Å². The first kappa shape index (κ1) is 13.3. The molecule has 8 heteroatoms. The van der Waals surface area contributed by atoms with Crippen LogP contribution in [0.4, 0.5) is 13.2 Å². The van der Waals surface area contributed by atoms with Gasteiger partial charge in [0.1, 0.15) is 11.6 Å². The molecule has 92 valence electrons. The largest absolute Gasteiger partial charge is 0.441 e. The topological polar surface area (TPSA) is 42.7 Å². The molecule has 0 fully saturated rings. The van der Waals surface area contributed by atoms with Crippen molar-refractivity contribution < 1.29 is 13.2 Å². The van der Waals surface area contributed by atoms with Gasteiger partial charge in [0.05, 0.1) is 6.54 Å². The fraction of sp³-hybridized carbons (Fsp3) is 0.750. The number of aromatic nitrogens is 3. The smallest absolute Gasteiger partial charge is 0.317 e. The maximum atomic E-state index is 11.8. The lowest BCUT2D eigenvalue weighted by molar-refractivity contribution is -0.0327. The molecule has 1 rings (SSSR count). The first-order chi connectivity index (χ1) is 7.40. The van der Waals surface area contributed by atoms with Crippen molar-refractivity contribution in [2.75, 3.05) is 12.3 Å². The Morgan fingerprint density at radius 1 is 1.38 bits per heavy atom. The molecule has 16 heavy (non-hydrogen) atoms. The molecule has 1 aromatic rings. The third-order valence-electron chi connectivity index (χ3n) is 2.01. The van der Waals surface area contributed by atoms with Crippen LogP contribution in [0, 0.1) is 6.92 Å². The predicted octanol–water partition coefficient (Wildman–Crippen LogP) is 1.47. The summed E-state index contributed by atoms with van der Waals surface area (Å²) in [6, 6.07) is 0. The summed E-state index contributed by atoms with van der Waals surface area (Å²) >= 11 is -0.0272. The molecular weight excluding hydrogens is 241 g/mol. The molecule has 0 aliphatic carbocycles.